The number of nitrogens with zero attached hydrogens (tertiary/aromatic N) is 3. The van der Waals surface area contributed by atoms with Gasteiger partial charge in [-0.25, -0.2) is 4.39 Å². The molecule has 1 saturated heterocycles. The van der Waals surface area contributed by atoms with Crippen molar-refractivity contribution in [2.24, 2.45) is 16.9 Å². The van der Waals surface area contributed by atoms with E-state index in [-0.39, 0.29) is 5.82 Å². The van der Waals surface area contributed by atoms with E-state index in [4.69, 9.17) is 4.74 Å². The number of hydrogen-bond donors (Lipinski definition) is 1. The molecule has 0 amide bonds. The first-order chi connectivity index (χ1) is 17.1. The molecule has 0 bridgehead atoms. The highest BCUT2D eigenvalue weighted by Crippen LogP contribution is 2.37. The normalized spacial score (nSPS) is 21.0. The third kappa shape index (κ3) is 5.57. The maximum Gasteiger partial charge on any atom is 0.431 e. The van der Waals surface area contributed by atoms with Crippen molar-refractivity contribution in [3.05, 3.63) is 53.8 Å². The molecular formula is C26H29F4N3O3. The SMILES string of the molecule is COc1ccc(F)c(N2CCC(Cc3ccc(N4N=C(C(F)(F)F)C(C)C4CC(=O)O)cc3)CC2)c1. The highest BCUT2D eigenvalue weighted by Gasteiger charge is 2.48. The first-order valence-corrected chi connectivity index (χ1v) is 11.9. The number of carbonyl (C=O) groups is 1. The summed E-state index contributed by atoms with van der Waals surface area (Å²) in [6, 6.07) is 10.9. The zero-order valence-corrected chi connectivity index (χ0v) is 20.1. The topological polar surface area (TPSA) is 65.4 Å². The van der Waals surface area contributed by atoms with Crippen molar-refractivity contribution in [3.63, 3.8) is 0 Å². The Kier molecular flexibility index (Phi) is 7.42. The Hall–Kier alpha value is -3.30. The summed E-state index contributed by atoms with van der Waals surface area (Å²) in [4.78, 5) is 13.3. The summed E-state index contributed by atoms with van der Waals surface area (Å²) in [5, 5.41) is 14.2. The van der Waals surface area contributed by atoms with E-state index in [1.165, 1.54) is 18.0 Å². The van der Waals surface area contributed by atoms with Crippen LogP contribution in [-0.2, 0) is 11.2 Å². The van der Waals surface area contributed by atoms with Crippen molar-refractivity contribution in [1.29, 1.82) is 0 Å². The molecule has 1 N–H and O–H groups in total. The van der Waals surface area contributed by atoms with Crippen LogP contribution in [0.3, 0.4) is 0 Å². The molecule has 0 saturated carbocycles. The van der Waals surface area contributed by atoms with Gasteiger partial charge in [0, 0.05) is 25.1 Å². The van der Waals surface area contributed by atoms with Crippen molar-refractivity contribution in [2.75, 3.05) is 30.1 Å². The fourth-order valence-corrected chi connectivity index (χ4v) is 5.04. The van der Waals surface area contributed by atoms with Crippen LogP contribution in [0.5, 0.6) is 5.75 Å². The molecule has 2 aromatic carbocycles. The first kappa shape index (κ1) is 25.8. The number of carboxylic acids is 1. The Morgan fingerprint density at radius 3 is 2.39 bits per heavy atom. The smallest absolute Gasteiger partial charge is 0.431 e. The Balaban J connectivity index is 1.41. The molecule has 2 atom stereocenters. The van der Waals surface area contributed by atoms with Crippen molar-refractivity contribution in [2.45, 2.75) is 44.8 Å². The number of methoxy groups -OCH3 is 1. The van der Waals surface area contributed by atoms with E-state index in [0.29, 0.717) is 36.1 Å². The zero-order valence-electron chi connectivity index (χ0n) is 20.1. The van der Waals surface area contributed by atoms with Gasteiger partial charge in [-0.2, -0.15) is 18.3 Å². The number of carboxylic acid groups (broad SMARTS) is 1. The average Bonchev–Trinajstić information content (AvgIpc) is 3.16. The van der Waals surface area contributed by atoms with Gasteiger partial charge in [-0.3, -0.25) is 9.80 Å². The maximum absolute atomic E-state index is 14.3. The molecular weight excluding hydrogens is 478 g/mol. The molecule has 194 valence electrons. The van der Waals surface area contributed by atoms with Crippen LogP contribution in [0, 0.1) is 17.7 Å². The second kappa shape index (κ2) is 10.4. The van der Waals surface area contributed by atoms with Gasteiger partial charge in [-0.15, -0.1) is 0 Å². The molecule has 6 nitrogen and oxygen atoms in total. The van der Waals surface area contributed by atoms with Gasteiger partial charge < -0.3 is 14.7 Å². The number of ether oxygens (including phenoxy) is 1. The lowest BCUT2D eigenvalue weighted by molar-refractivity contribution is -0.137. The van der Waals surface area contributed by atoms with E-state index < -0.39 is 36.2 Å². The van der Waals surface area contributed by atoms with Crippen LogP contribution in [0.4, 0.5) is 28.9 Å². The van der Waals surface area contributed by atoms with Gasteiger partial charge in [-0.05, 0) is 55.0 Å². The molecule has 10 heteroatoms. The lowest BCUT2D eigenvalue weighted by atomic mass is 9.89. The van der Waals surface area contributed by atoms with Gasteiger partial charge in [0.15, 0.2) is 0 Å². The van der Waals surface area contributed by atoms with Crippen LogP contribution in [0.25, 0.3) is 0 Å². The summed E-state index contributed by atoms with van der Waals surface area (Å²) in [7, 11) is 1.55. The molecule has 2 unspecified atom stereocenters. The molecule has 2 aliphatic heterocycles. The third-order valence-electron chi connectivity index (χ3n) is 7.05. The van der Waals surface area contributed by atoms with E-state index in [9.17, 15) is 27.5 Å². The fraction of sp³-hybridized carbons (Fsp3) is 0.462. The van der Waals surface area contributed by atoms with Crippen molar-refractivity contribution in [1.82, 2.24) is 0 Å². The fourth-order valence-electron chi connectivity index (χ4n) is 5.04. The maximum atomic E-state index is 14.3. The molecule has 0 radical (unpaired) electrons. The quantitative estimate of drug-likeness (QED) is 0.501. The molecule has 0 spiro atoms. The van der Waals surface area contributed by atoms with E-state index in [1.807, 2.05) is 17.0 Å². The predicted molar refractivity (Wildman–Crippen MR) is 129 cm³/mol. The summed E-state index contributed by atoms with van der Waals surface area (Å²) >= 11 is 0. The summed E-state index contributed by atoms with van der Waals surface area (Å²) in [6.07, 6.45) is -2.52. The van der Waals surface area contributed by atoms with E-state index in [2.05, 4.69) is 5.10 Å². The summed E-state index contributed by atoms with van der Waals surface area (Å²) in [5.41, 5.74) is 1.04. The average molecular weight is 508 g/mol. The minimum absolute atomic E-state index is 0.279. The molecule has 0 aromatic heterocycles. The van der Waals surface area contributed by atoms with Gasteiger partial charge in [0.05, 0.1) is 30.9 Å². The summed E-state index contributed by atoms with van der Waals surface area (Å²) < 4.78 is 59.7. The molecule has 4 rings (SSSR count). The Bertz CT molecular complexity index is 1110. The Labute approximate surface area is 207 Å². The first-order valence-electron chi connectivity index (χ1n) is 11.9. The lowest BCUT2D eigenvalue weighted by Gasteiger charge is -2.34. The number of piperidine rings is 1. The molecule has 2 aliphatic rings. The largest absolute Gasteiger partial charge is 0.497 e. The van der Waals surface area contributed by atoms with Gasteiger partial charge in [0.1, 0.15) is 17.3 Å². The van der Waals surface area contributed by atoms with Gasteiger partial charge in [0.2, 0.25) is 0 Å². The lowest BCUT2D eigenvalue weighted by Crippen LogP contribution is -2.36. The predicted octanol–water partition coefficient (Wildman–Crippen LogP) is 5.51. The molecule has 2 heterocycles. The summed E-state index contributed by atoms with van der Waals surface area (Å²) in [6.45, 7) is 2.78. The highest BCUT2D eigenvalue weighted by molar-refractivity contribution is 5.95. The van der Waals surface area contributed by atoms with Crippen LogP contribution in [0.1, 0.15) is 31.7 Å². The number of hydrogen-bond acceptors (Lipinski definition) is 5. The van der Waals surface area contributed by atoms with Gasteiger partial charge >= 0.3 is 12.1 Å². The number of hydrazone groups is 1. The Morgan fingerprint density at radius 2 is 1.81 bits per heavy atom. The van der Waals surface area contributed by atoms with Gasteiger partial charge in [0.25, 0.3) is 0 Å². The number of alkyl halides is 3. The molecule has 1 fully saturated rings. The number of anilines is 2. The van der Waals surface area contributed by atoms with E-state index in [1.54, 1.807) is 31.4 Å². The second-order valence-electron chi connectivity index (χ2n) is 9.40. The van der Waals surface area contributed by atoms with Crippen molar-refractivity contribution in [3.8, 4) is 5.75 Å². The minimum atomic E-state index is -4.62. The summed E-state index contributed by atoms with van der Waals surface area (Å²) in [5.74, 6) is -1.51. The number of benzene rings is 2. The van der Waals surface area contributed by atoms with Crippen LogP contribution in [0.15, 0.2) is 47.6 Å². The van der Waals surface area contributed by atoms with E-state index >= 15 is 0 Å². The van der Waals surface area contributed by atoms with Crippen LogP contribution < -0.4 is 14.6 Å². The van der Waals surface area contributed by atoms with Crippen LogP contribution in [0.2, 0.25) is 0 Å². The van der Waals surface area contributed by atoms with Crippen molar-refractivity contribution >= 4 is 23.1 Å². The van der Waals surface area contributed by atoms with Crippen molar-refractivity contribution < 1.29 is 32.2 Å². The molecule has 0 aliphatic carbocycles. The van der Waals surface area contributed by atoms with E-state index in [0.717, 1.165) is 24.8 Å². The standard InChI is InChI=1S/C26H29F4N3O3/c1-16-22(15-24(34)35)33(31-25(16)26(28,29)30)19-5-3-17(4-6-19)13-18-9-11-32(12-10-18)23-14-20(36-2)7-8-21(23)27/h3-8,14,16,18,22H,9-13,15H2,1-2H3,(H,34,35). The number of aliphatic carboxylic acids is 1. The van der Waals surface area contributed by atoms with Gasteiger partial charge in [-0.1, -0.05) is 19.1 Å². The zero-order chi connectivity index (χ0) is 26.0. The minimum Gasteiger partial charge on any atom is -0.497 e. The van der Waals surface area contributed by atoms with Crippen LogP contribution >= 0.6 is 0 Å². The highest BCUT2D eigenvalue weighted by atomic mass is 19.4. The second-order valence-corrected chi connectivity index (χ2v) is 9.40. The number of halogens is 4. The monoisotopic (exact) mass is 507 g/mol. The number of rotatable bonds is 7. The molecule has 2 aromatic rings. The van der Waals surface area contributed by atoms with Crippen LogP contribution in [-0.4, -0.2) is 49.2 Å². The third-order valence-corrected chi connectivity index (χ3v) is 7.05. The Morgan fingerprint density at radius 1 is 1.14 bits per heavy atom. The molecule has 36 heavy (non-hydrogen) atoms.